The number of rotatable bonds is 4. The van der Waals surface area contributed by atoms with Crippen molar-refractivity contribution in [2.24, 2.45) is 0 Å². The largest absolute Gasteiger partial charge is 0.508 e. The molecule has 0 aliphatic carbocycles. The summed E-state index contributed by atoms with van der Waals surface area (Å²) >= 11 is 0. The molecule has 4 heterocycles. The van der Waals surface area contributed by atoms with Gasteiger partial charge in [0.25, 0.3) is 0 Å². The fourth-order valence-corrected chi connectivity index (χ4v) is 3.15. The van der Waals surface area contributed by atoms with E-state index in [-0.39, 0.29) is 5.75 Å². The number of hydrogen-bond acceptors (Lipinski definition) is 6. The molecule has 3 fully saturated rings. The summed E-state index contributed by atoms with van der Waals surface area (Å²) in [6.07, 6.45) is 4.86. The molecule has 1 aromatic heterocycles. The van der Waals surface area contributed by atoms with E-state index >= 15 is 0 Å². The Kier molecular flexibility index (Phi) is 3.38. The minimum Gasteiger partial charge on any atom is -0.508 e. The van der Waals surface area contributed by atoms with E-state index in [0.29, 0.717) is 23.5 Å². The van der Waals surface area contributed by atoms with Gasteiger partial charge in [-0.05, 0) is 18.2 Å². The number of nitrogens with zero attached hydrogens (tertiary/aromatic N) is 2. The Balaban J connectivity index is 1.57. The third-order valence-electron chi connectivity index (χ3n) is 4.30. The minimum atomic E-state index is 0.167. The molecule has 3 saturated heterocycles. The van der Waals surface area contributed by atoms with Crippen molar-refractivity contribution >= 4 is 23.4 Å². The van der Waals surface area contributed by atoms with Gasteiger partial charge in [-0.3, -0.25) is 0 Å². The summed E-state index contributed by atoms with van der Waals surface area (Å²) < 4.78 is 5.66. The molecule has 2 aromatic rings. The number of hydrogen-bond donors (Lipinski definition) is 3. The maximum atomic E-state index is 9.65. The van der Waals surface area contributed by atoms with E-state index in [1.165, 1.54) is 6.21 Å². The summed E-state index contributed by atoms with van der Waals surface area (Å²) in [6, 6.07) is 8.77. The third kappa shape index (κ3) is 2.73. The average molecular weight is 310 g/mol. The zero-order valence-electron chi connectivity index (χ0n) is 12.6. The molecule has 3 aliphatic heterocycles. The van der Waals surface area contributed by atoms with Crippen molar-refractivity contribution in [3.63, 3.8) is 0 Å². The topological polar surface area (TPSA) is 81.5 Å². The van der Waals surface area contributed by atoms with Gasteiger partial charge >= 0.3 is 0 Å². The molecule has 0 spiro atoms. The van der Waals surface area contributed by atoms with E-state index in [2.05, 4.69) is 15.2 Å². The summed E-state index contributed by atoms with van der Waals surface area (Å²) in [6.45, 7) is 1.76. The van der Waals surface area contributed by atoms with Gasteiger partial charge in [-0.1, -0.05) is 0 Å². The highest BCUT2D eigenvalue weighted by Gasteiger charge is 2.38. The zero-order chi connectivity index (χ0) is 15.8. The van der Waals surface area contributed by atoms with Gasteiger partial charge in [0.1, 0.15) is 11.6 Å². The van der Waals surface area contributed by atoms with Crippen LogP contribution in [-0.2, 0) is 4.74 Å². The molecule has 6 heteroatoms. The van der Waals surface area contributed by atoms with Crippen LogP contribution in [0.15, 0.2) is 36.5 Å². The van der Waals surface area contributed by atoms with Crippen molar-refractivity contribution in [1.82, 2.24) is 4.98 Å². The molecule has 2 atom stereocenters. The number of phenolic OH excluding ortho intramolecular Hbond substituents is 1. The molecule has 23 heavy (non-hydrogen) atoms. The second-order valence-corrected chi connectivity index (χ2v) is 5.96. The summed E-state index contributed by atoms with van der Waals surface area (Å²) in [4.78, 5) is 6.70. The van der Waals surface area contributed by atoms with E-state index in [1.807, 2.05) is 12.1 Å². The number of piperidine rings is 1. The number of phenols is 1. The lowest BCUT2D eigenvalue weighted by atomic mass is 9.99. The van der Waals surface area contributed by atoms with Gasteiger partial charge in [-0.2, -0.15) is 0 Å². The highest BCUT2D eigenvalue weighted by Crippen LogP contribution is 2.32. The van der Waals surface area contributed by atoms with Crippen LogP contribution in [0.4, 0.5) is 17.2 Å². The van der Waals surface area contributed by atoms with E-state index in [4.69, 9.17) is 10.1 Å². The Labute approximate surface area is 134 Å². The molecule has 118 valence electrons. The van der Waals surface area contributed by atoms with Crippen molar-refractivity contribution in [2.75, 3.05) is 23.3 Å². The van der Waals surface area contributed by atoms with Crippen molar-refractivity contribution in [2.45, 2.75) is 18.6 Å². The minimum absolute atomic E-state index is 0.167. The Hall–Kier alpha value is -2.60. The zero-order valence-corrected chi connectivity index (χ0v) is 12.6. The molecule has 1 aromatic carbocycles. The Morgan fingerprint density at radius 3 is 2.78 bits per heavy atom. The van der Waals surface area contributed by atoms with Crippen LogP contribution in [0.25, 0.3) is 0 Å². The van der Waals surface area contributed by atoms with Gasteiger partial charge in [0.2, 0.25) is 0 Å². The Morgan fingerprint density at radius 2 is 2.04 bits per heavy atom. The van der Waals surface area contributed by atoms with E-state index in [1.54, 1.807) is 24.4 Å². The van der Waals surface area contributed by atoms with Gasteiger partial charge in [0.05, 0.1) is 17.9 Å². The number of benzene rings is 1. The second kappa shape index (κ2) is 5.55. The maximum absolute atomic E-state index is 9.65. The highest BCUT2D eigenvalue weighted by molar-refractivity contribution is 5.88. The molecular formula is C17H18N4O2. The number of aromatic hydroxyl groups is 1. The van der Waals surface area contributed by atoms with Gasteiger partial charge < -0.3 is 25.5 Å². The maximum Gasteiger partial charge on any atom is 0.130 e. The number of pyridine rings is 1. The monoisotopic (exact) mass is 310 g/mol. The standard InChI is InChI=1S/C17H18N4O2/c18-8-11-1-2-13(22)6-16(11)20-12-3-4-19-17(5-12)21-9-14-7-15(10-21)23-14/h1-6,8,14-15,18,22H,7,9-10H2,(H,19,20). The van der Waals surface area contributed by atoms with Gasteiger partial charge in [-0.15, -0.1) is 0 Å². The number of ether oxygens (including phenoxy) is 1. The molecule has 0 saturated carbocycles. The van der Waals surface area contributed by atoms with Crippen LogP contribution in [-0.4, -0.2) is 41.6 Å². The van der Waals surface area contributed by atoms with Crippen LogP contribution in [0, 0.1) is 5.41 Å². The molecule has 3 aliphatic rings. The predicted octanol–water partition coefficient (Wildman–Crippen LogP) is 2.51. The smallest absolute Gasteiger partial charge is 0.130 e. The lowest BCUT2D eigenvalue weighted by molar-refractivity contribution is -0.133. The molecule has 3 N–H and O–H groups in total. The van der Waals surface area contributed by atoms with E-state index in [9.17, 15) is 5.11 Å². The molecule has 0 radical (unpaired) electrons. The lowest BCUT2D eigenvalue weighted by Crippen LogP contribution is -2.57. The van der Waals surface area contributed by atoms with Crippen molar-refractivity contribution < 1.29 is 9.84 Å². The van der Waals surface area contributed by atoms with Crippen LogP contribution >= 0.6 is 0 Å². The first-order valence-electron chi connectivity index (χ1n) is 7.68. The summed E-state index contributed by atoms with van der Waals surface area (Å²) in [5.74, 6) is 1.09. The predicted molar refractivity (Wildman–Crippen MR) is 89.0 cm³/mol. The quantitative estimate of drug-likeness (QED) is 0.756. The van der Waals surface area contributed by atoms with Crippen molar-refractivity contribution in [3.8, 4) is 5.75 Å². The number of nitrogens with one attached hydrogen (secondary N) is 2. The van der Waals surface area contributed by atoms with Crippen molar-refractivity contribution in [1.29, 1.82) is 5.41 Å². The fourth-order valence-electron chi connectivity index (χ4n) is 3.15. The number of aromatic nitrogens is 1. The van der Waals surface area contributed by atoms with Crippen LogP contribution in [0.5, 0.6) is 5.75 Å². The van der Waals surface area contributed by atoms with Gasteiger partial charge in [0.15, 0.2) is 0 Å². The van der Waals surface area contributed by atoms with E-state index in [0.717, 1.165) is 31.0 Å². The Morgan fingerprint density at radius 1 is 1.26 bits per heavy atom. The van der Waals surface area contributed by atoms with Crippen LogP contribution in [0.2, 0.25) is 0 Å². The van der Waals surface area contributed by atoms with Gasteiger partial charge in [0, 0.05) is 55.3 Å². The Bertz CT molecular complexity index is 733. The SMILES string of the molecule is N=Cc1ccc(O)cc1Nc1ccnc(N2CC3CC(C2)O3)c1. The average Bonchev–Trinajstić information content (AvgIpc) is 2.55. The first-order valence-corrected chi connectivity index (χ1v) is 7.68. The summed E-state index contributed by atoms with van der Waals surface area (Å²) in [7, 11) is 0. The molecule has 2 unspecified atom stereocenters. The molecule has 2 bridgehead atoms. The second-order valence-electron chi connectivity index (χ2n) is 5.96. The number of anilines is 3. The van der Waals surface area contributed by atoms with Gasteiger partial charge in [-0.25, -0.2) is 4.98 Å². The first kappa shape index (κ1) is 14.0. The molecule has 6 nitrogen and oxygen atoms in total. The summed E-state index contributed by atoms with van der Waals surface area (Å²) in [5, 5.41) is 20.4. The van der Waals surface area contributed by atoms with Crippen LogP contribution in [0.1, 0.15) is 12.0 Å². The third-order valence-corrected chi connectivity index (χ3v) is 4.30. The van der Waals surface area contributed by atoms with Crippen LogP contribution < -0.4 is 10.2 Å². The molecular weight excluding hydrogens is 292 g/mol. The van der Waals surface area contributed by atoms with E-state index < -0.39 is 0 Å². The number of fused-ring (bicyclic) bond motifs is 2. The van der Waals surface area contributed by atoms with Crippen LogP contribution in [0.3, 0.4) is 0 Å². The highest BCUT2D eigenvalue weighted by atomic mass is 16.5. The first-order chi connectivity index (χ1) is 11.2. The van der Waals surface area contributed by atoms with Crippen molar-refractivity contribution in [3.05, 3.63) is 42.1 Å². The molecule has 0 amide bonds. The number of morpholine rings is 1. The normalized spacial score (nSPS) is 22.3. The fraction of sp³-hybridized carbons (Fsp3) is 0.294. The summed E-state index contributed by atoms with van der Waals surface area (Å²) in [5.41, 5.74) is 2.29. The molecule has 5 rings (SSSR count). The lowest BCUT2D eigenvalue weighted by Gasteiger charge is -2.47.